The summed E-state index contributed by atoms with van der Waals surface area (Å²) in [6.45, 7) is 0.705. The highest BCUT2D eigenvalue weighted by Crippen LogP contribution is 2.55. The van der Waals surface area contributed by atoms with E-state index in [1.54, 1.807) is 12.1 Å². The van der Waals surface area contributed by atoms with Gasteiger partial charge in [-0.2, -0.15) is 4.98 Å². The predicted octanol–water partition coefficient (Wildman–Crippen LogP) is 5.08. The van der Waals surface area contributed by atoms with Gasteiger partial charge in [0, 0.05) is 17.6 Å². The molecule has 7 rings (SSSR count). The molecule has 164 valence electrons. The van der Waals surface area contributed by atoms with Crippen LogP contribution in [0.4, 0.5) is 9.18 Å². The number of amides is 2. The van der Waals surface area contributed by atoms with Gasteiger partial charge in [0.2, 0.25) is 11.7 Å². The summed E-state index contributed by atoms with van der Waals surface area (Å²) >= 11 is 0. The van der Waals surface area contributed by atoms with Gasteiger partial charge in [-0.1, -0.05) is 5.16 Å². The van der Waals surface area contributed by atoms with Gasteiger partial charge in [-0.3, -0.25) is 0 Å². The molecule has 4 saturated carbocycles. The molecule has 1 N–H and O–H groups in total. The van der Waals surface area contributed by atoms with Crippen molar-refractivity contribution in [1.82, 2.24) is 20.4 Å². The minimum Gasteiger partial charge on any atom is -0.337 e. The van der Waals surface area contributed by atoms with Crippen molar-refractivity contribution in [2.75, 3.05) is 6.54 Å². The molecule has 1 unspecified atom stereocenters. The topological polar surface area (TPSA) is 71.3 Å². The van der Waals surface area contributed by atoms with E-state index in [4.69, 9.17) is 4.52 Å². The largest absolute Gasteiger partial charge is 0.337 e. The lowest BCUT2D eigenvalue weighted by Gasteiger charge is -2.57. The van der Waals surface area contributed by atoms with Crippen molar-refractivity contribution in [3.63, 3.8) is 0 Å². The Morgan fingerprint density at radius 2 is 1.74 bits per heavy atom. The molecule has 4 bridgehead atoms. The van der Waals surface area contributed by atoms with E-state index in [1.807, 2.05) is 4.90 Å². The van der Waals surface area contributed by atoms with E-state index in [0.29, 0.717) is 23.8 Å². The van der Waals surface area contributed by atoms with E-state index in [1.165, 1.54) is 31.4 Å². The van der Waals surface area contributed by atoms with Gasteiger partial charge in [-0.25, -0.2) is 9.18 Å². The first-order chi connectivity index (χ1) is 15.1. The molecule has 0 radical (unpaired) electrons. The van der Waals surface area contributed by atoms with Crippen LogP contribution in [0.25, 0.3) is 11.4 Å². The van der Waals surface area contributed by atoms with Crippen molar-refractivity contribution in [3.8, 4) is 11.4 Å². The fraction of sp³-hybridized carbons (Fsp3) is 0.625. The molecular weight excluding hydrogens is 395 g/mol. The SMILES string of the molecule is O=C(NC12CC3CC(CC(C3)C1)C2)N1CCCCC1c1nc(-c2ccc(F)cc2)no1. The third kappa shape index (κ3) is 3.52. The van der Waals surface area contributed by atoms with Crippen LogP contribution in [0.5, 0.6) is 0 Å². The minimum absolute atomic E-state index is 0.0120. The van der Waals surface area contributed by atoms with Gasteiger partial charge in [-0.05, 0) is 99.8 Å². The Balaban J connectivity index is 1.21. The number of rotatable bonds is 3. The summed E-state index contributed by atoms with van der Waals surface area (Å²) in [6.07, 6.45) is 10.3. The third-order valence-electron chi connectivity index (χ3n) is 8.00. The number of nitrogens with zero attached hydrogens (tertiary/aromatic N) is 3. The average Bonchev–Trinajstić information content (AvgIpc) is 3.23. The Morgan fingerprint density at radius 1 is 1.06 bits per heavy atom. The van der Waals surface area contributed by atoms with Gasteiger partial charge in [0.15, 0.2) is 0 Å². The highest BCUT2D eigenvalue weighted by atomic mass is 19.1. The molecule has 7 heteroatoms. The Morgan fingerprint density at radius 3 is 2.42 bits per heavy atom. The summed E-state index contributed by atoms with van der Waals surface area (Å²) in [4.78, 5) is 19.9. The lowest BCUT2D eigenvalue weighted by Crippen LogP contribution is -2.62. The number of aromatic nitrogens is 2. The number of benzene rings is 1. The van der Waals surface area contributed by atoms with Crippen molar-refractivity contribution < 1.29 is 13.7 Å². The summed E-state index contributed by atoms with van der Waals surface area (Å²) in [5, 5.41) is 7.59. The fourth-order valence-corrected chi connectivity index (χ4v) is 7.08. The number of nitrogens with one attached hydrogen (secondary N) is 1. The van der Waals surface area contributed by atoms with E-state index in [2.05, 4.69) is 15.5 Å². The lowest BCUT2D eigenvalue weighted by molar-refractivity contribution is -0.0174. The van der Waals surface area contributed by atoms with Crippen molar-refractivity contribution in [3.05, 3.63) is 36.0 Å². The van der Waals surface area contributed by atoms with Crippen LogP contribution in [0.1, 0.15) is 69.7 Å². The van der Waals surface area contributed by atoms with Gasteiger partial charge in [-0.15, -0.1) is 0 Å². The molecule has 1 aromatic heterocycles. The van der Waals surface area contributed by atoms with Gasteiger partial charge in [0.05, 0.1) is 0 Å². The van der Waals surface area contributed by atoms with Crippen LogP contribution in [0.15, 0.2) is 28.8 Å². The Kier molecular flexibility index (Phi) is 4.54. The van der Waals surface area contributed by atoms with Gasteiger partial charge in [0.25, 0.3) is 0 Å². The second-order valence-electron chi connectivity index (χ2n) is 10.3. The van der Waals surface area contributed by atoms with Crippen LogP contribution in [0.3, 0.4) is 0 Å². The molecule has 1 saturated heterocycles. The number of likely N-dealkylation sites (tertiary alicyclic amines) is 1. The van der Waals surface area contributed by atoms with Crippen LogP contribution < -0.4 is 5.32 Å². The second-order valence-corrected chi connectivity index (χ2v) is 10.3. The summed E-state index contributed by atoms with van der Waals surface area (Å²) in [7, 11) is 0. The molecule has 2 aromatic rings. The van der Waals surface area contributed by atoms with Crippen LogP contribution in [-0.4, -0.2) is 33.2 Å². The maximum absolute atomic E-state index is 13.5. The highest BCUT2D eigenvalue weighted by molar-refractivity contribution is 5.76. The number of urea groups is 1. The molecular formula is C24H29FN4O2. The first-order valence-electron chi connectivity index (χ1n) is 11.8. The molecule has 5 fully saturated rings. The predicted molar refractivity (Wildman–Crippen MR) is 112 cm³/mol. The Bertz CT molecular complexity index is 937. The fourth-order valence-electron chi connectivity index (χ4n) is 7.08. The second kappa shape index (κ2) is 7.31. The van der Waals surface area contributed by atoms with E-state index in [9.17, 15) is 9.18 Å². The Labute approximate surface area is 181 Å². The molecule has 1 atom stereocenters. The van der Waals surface area contributed by atoms with Crippen LogP contribution >= 0.6 is 0 Å². The molecule has 1 aromatic carbocycles. The highest BCUT2D eigenvalue weighted by Gasteiger charge is 2.52. The molecule has 31 heavy (non-hydrogen) atoms. The Hall–Kier alpha value is -2.44. The molecule has 6 nitrogen and oxygen atoms in total. The number of piperidine rings is 1. The summed E-state index contributed by atoms with van der Waals surface area (Å²) in [5.74, 6) is 2.97. The summed E-state index contributed by atoms with van der Waals surface area (Å²) in [6, 6.07) is 5.87. The summed E-state index contributed by atoms with van der Waals surface area (Å²) < 4.78 is 18.8. The maximum atomic E-state index is 13.5. The smallest absolute Gasteiger partial charge is 0.318 e. The normalized spacial score (nSPS) is 34.2. The van der Waals surface area contributed by atoms with Gasteiger partial charge >= 0.3 is 6.03 Å². The number of carbonyl (C=O) groups is 1. The van der Waals surface area contributed by atoms with Crippen molar-refractivity contribution >= 4 is 6.03 Å². The van der Waals surface area contributed by atoms with Gasteiger partial charge < -0.3 is 14.7 Å². The quantitative estimate of drug-likeness (QED) is 0.746. The zero-order valence-electron chi connectivity index (χ0n) is 17.7. The zero-order chi connectivity index (χ0) is 21.0. The number of hydrogen-bond donors (Lipinski definition) is 1. The summed E-state index contributed by atoms with van der Waals surface area (Å²) in [5.41, 5.74) is 0.693. The van der Waals surface area contributed by atoms with Crippen LogP contribution in [0, 0.1) is 23.6 Å². The van der Waals surface area contributed by atoms with E-state index >= 15 is 0 Å². The third-order valence-corrected chi connectivity index (χ3v) is 8.00. The molecule has 4 aliphatic carbocycles. The lowest BCUT2D eigenvalue weighted by atomic mass is 9.53. The van der Waals surface area contributed by atoms with E-state index in [0.717, 1.165) is 56.3 Å². The van der Waals surface area contributed by atoms with Gasteiger partial charge in [0.1, 0.15) is 11.9 Å². The minimum atomic E-state index is -0.299. The molecule has 2 amide bonds. The van der Waals surface area contributed by atoms with Crippen molar-refractivity contribution in [2.24, 2.45) is 17.8 Å². The first kappa shape index (κ1) is 19.3. The van der Waals surface area contributed by atoms with Crippen molar-refractivity contribution in [2.45, 2.75) is 69.4 Å². The standard InChI is InChI=1S/C24H29FN4O2/c25-19-6-4-18(5-7-19)21-26-22(31-28-21)20-3-1-2-8-29(20)23(30)27-24-12-15-9-16(13-24)11-17(10-15)14-24/h4-7,15-17,20H,1-3,8-14H2,(H,27,30). The maximum Gasteiger partial charge on any atom is 0.318 e. The van der Waals surface area contributed by atoms with E-state index < -0.39 is 0 Å². The molecule has 5 aliphatic rings. The molecule has 1 aliphatic heterocycles. The monoisotopic (exact) mass is 424 g/mol. The number of halogens is 1. The van der Waals surface area contributed by atoms with E-state index in [-0.39, 0.29) is 23.4 Å². The number of hydrogen-bond acceptors (Lipinski definition) is 4. The van der Waals surface area contributed by atoms with Crippen molar-refractivity contribution in [1.29, 1.82) is 0 Å². The molecule has 0 spiro atoms. The van der Waals surface area contributed by atoms with Crippen LogP contribution in [-0.2, 0) is 0 Å². The average molecular weight is 425 g/mol. The zero-order valence-corrected chi connectivity index (χ0v) is 17.7. The van der Waals surface area contributed by atoms with Crippen LogP contribution in [0.2, 0.25) is 0 Å². The molecule has 2 heterocycles. The number of carbonyl (C=O) groups excluding carboxylic acids is 1. The first-order valence-corrected chi connectivity index (χ1v) is 11.8.